The Bertz CT molecular complexity index is 48.4. The summed E-state index contributed by atoms with van der Waals surface area (Å²) in [6.45, 7) is 4.00. The van der Waals surface area contributed by atoms with Crippen LogP contribution >= 0.6 is 21.6 Å². The van der Waals surface area contributed by atoms with Crippen LogP contribution in [-0.2, 0) is 19.5 Å². The third kappa shape index (κ3) is 7.06. The Hall–Kier alpha value is 1.06. The zero-order valence-corrected chi connectivity index (χ0v) is 9.99. The van der Waals surface area contributed by atoms with Gasteiger partial charge in [0.1, 0.15) is 0 Å². The van der Waals surface area contributed by atoms with Crippen LogP contribution in [0, 0.1) is 0 Å². The maximum absolute atomic E-state index is 2.16. The van der Waals surface area contributed by atoms with Crippen molar-refractivity contribution in [2.75, 3.05) is 5.75 Å². The van der Waals surface area contributed by atoms with Crippen molar-refractivity contribution in [1.29, 1.82) is 0 Å². The average Bonchev–Trinajstić information content (AvgIpc) is 2.23. The van der Waals surface area contributed by atoms with Crippen molar-refractivity contribution >= 4 is 21.6 Å². The van der Waals surface area contributed by atoms with E-state index in [4.69, 9.17) is 0 Å². The van der Waals surface area contributed by atoms with Crippen molar-refractivity contribution in [3.63, 3.8) is 0 Å². The third-order valence-corrected chi connectivity index (χ3v) is 2.30. The molecule has 3 heteroatoms. The smallest absolute Gasteiger partial charge is 0.0229 e. The Balaban J connectivity index is 0. The second-order valence-electron chi connectivity index (χ2n) is 0.753. The van der Waals surface area contributed by atoms with E-state index < -0.39 is 0 Å². The predicted molar refractivity (Wildman–Crippen MR) is 40.5 cm³/mol. The minimum absolute atomic E-state index is 0. The monoisotopic (exact) mass is 198 g/mol. The van der Waals surface area contributed by atoms with Gasteiger partial charge in [-0.25, -0.2) is 0 Å². The Labute approximate surface area is 72.0 Å². The minimum Gasteiger partial charge on any atom is -0.0854 e. The Kier molecular flexibility index (Phi) is 16.2. The van der Waals surface area contributed by atoms with Crippen LogP contribution in [0.5, 0.6) is 0 Å². The number of hydrogen-bond acceptors (Lipinski definition) is 2. The SMILES string of the molecule is C1=CSSC1.CC.[Zn]. The van der Waals surface area contributed by atoms with E-state index in [0.717, 1.165) is 0 Å². The van der Waals surface area contributed by atoms with Gasteiger partial charge in [0.05, 0.1) is 0 Å². The molecule has 0 spiro atoms. The molecule has 0 nitrogen and oxygen atoms in total. The summed E-state index contributed by atoms with van der Waals surface area (Å²) in [5.74, 6) is 1.20. The molecule has 1 heterocycles. The van der Waals surface area contributed by atoms with Gasteiger partial charge in [-0.05, 0) is 5.41 Å². The molecule has 1 aliphatic rings. The van der Waals surface area contributed by atoms with E-state index in [1.165, 1.54) is 5.75 Å². The van der Waals surface area contributed by atoms with Crippen LogP contribution in [-0.4, -0.2) is 5.75 Å². The molecule has 0 radical (unpaired) electrons. The summed E-state index contributed by atoms with van der Waals surface area (Å²) in [4.78, 5) is 0. The van der Waals surface area contributed by atoms with Gasteiger partial charge < -0.3 is 0 Å². The van der Waals surface area contributed by atoms with Gasteiger partial charge in [-0.1, -0.05) is 41.5 Å². The summed E-state index contributed by atoms with van der Waals surface area (Å²) >= 11 is 0. The molecule has 1 aliphatic heterocycles. The van der Waals surface area contributed by atoms with Gasteiger partial charge in [0.25, 0.3) is 0 Å². The molecule has 0 saturated heterocycles. The van der Waals surface area contributed by atoms with E-state index in [0.29, 0.717) is 0 Å². The van der Waals surface area contributed by atoms with E-state index in [2.05, 4.69) is 11.5 Å². The molecule has 0 atom stereocenters. The molecular formula is C5H10S2Zn. The van der Waals surface area contributed by atoms with Crippen LogP contribution < -0.4 is 0 Å². The van der Waals surface area contributed by atoms with E-state index >= 15 is 0 Å². The maximum Gasteiger partial charge on any atom is 0.0229 e. The average molecular weight is 200 g/mol. The molecule has 0 unspecified atom stereocenters. The van der Waals surface area contributed by atoms with Crippen molar-refractivity contribution in [3.05, 3.63) is 11.5 Å². The van der Waals surface area contributed by atoms with Crippen molar-refractivity contribution in [2.24, 2.45) is 0 Å². The molecule has 8 heavy (non-hydrogen) atoms. The summed E-state index contributed by atoms with van der Waals surface area (Å²) in [5, 5.41) is 2.12. The van der Waals surface area contributed by atoms with Crippen LogP contribution in [0.3, 0.4) is 0 Å². The molecule has 1 rings (SSSR count). The molecule has 0 saturated carbocycles. The first-order valence-corrected chi connectivity index (χ1v) is 4.81. The minimum atomic E-state index is 0. The molecule has 0 fully saturated rings. The van der Waals surface area contributed by atoms with Gasteiger partial charge in [-0.3, -0.25) is 0 Å². The summed E-state index contributed by atoms with van der Waals surface area (Å²) in [6.07, 6.45) is 2.16. The van der Waals surface area contributed by atoms with E-state index in [1.54, 1.807) is 0 Å². The summed E-state index contributed by atoms with van der Waals surface area (Å²) < 4.78 is 0. The van der Waals surface area contributed by atoms with Crippen LogP contribution in [0.1, 0.15) is 13.8 Å². The van der Waals surface area contributed by atoms with Crippen LogP contribution in [0.15, 0.2) is 11.5 Å². The van der Waals surface area contributed by atoms with Crippen LogP contribution in [0.25, 0.3) is 0 Å². The number of rotatable bonds is 0. The van der Waals surface area contributed by atoms with Crippen LogP contribution in [0.4, 0.5) is 0 Å². The fourth-order valence-corrected chi connectivity index (χ4v) is 1.77. The van der Waals surface area contributed by atoms with Crippen molar-refractivity contribution in [1.82, 2.24) is 0 Å². The van der Waals surface area contributed by atoms with Gasteiger partial charge in [0.2, 0.25) is 0 Å². The standard InChI is InChI=1S/C3H4S2.C2H6.Zn/c1-2-4-5-3-1;1-2;/h1-2H,3H2;1-2H3;. The molecule has 0 aliphatic carbocycles. The quantitative estimate of drug-likeness (QED) is 0.435. The van der Waals surface area contributed by atoms with Crippen LogP contribution in [0.2, 0.25) is 0 Å². The van der Waals surface area contributed by atoms with E-state index in [1.807, 2.05) is 35.4 Å². The largest absolute Gasteiger partial charge is 0.0854 e. The molecule has 0 aromatic rings. The Morgan fingerprint density at radius 2 is 2.00 bits per heavy atom. The zero-order valence-electron chi connectivity index (χ0n) is 5.39. The second-order valence-corrected chi connectivity index (χ2v) is 3.07. The summed E-state index contributed by atoms with van der Waals surface area (Å²) in [6, 6.07) is 0. The molecule has 0 N–H and O–H groups in total. The molecule has 44 valence electrons. The Morgan fingerprint density at radius 3 is 2.12 bits per heavy atom. The molecule has 0 aromatic heterocycles. The molecule has 0 amide bonds. The zero-order chi connectivity index (χ0) is 5.54. The second kappa shape index (κ2) is 10.9. The first-order chi connectivity index (χ1) is 3.50. The topological polar surface area (TPSA) is 0 Å². The molecule has 0 bridgehead atoms. The summed E-state index contributed by atoms with van der Waals surface area (Å²) in [5.41, 5.74) is 0. The van der Waals surface area contributed by atoms with E-state index in [9.17, 15) is 0 Å². The molecule has 0 aromatic carbocycles. The fourth-order valence-electron chi connectivity index (χ4n) is 0.196. The number of hydrogen-bond donors (Lipinski definition) is 0. The fraction of sp³-hybridized carbons (Fsp3) is 0.600. The van der Waals surface area contributed by atoms with Gasteiger partial charge >= 0.3 is 0 Å². The molecular weight excluding hydrogens is 190 g/mol. The normalized spacial score (nSPS) is 13.8. The van der Waals surface area contributed by atoms with Gasteiger partial charge in [-0.2, -0.15) is 0 Å². The van der Waals surface area contributed by atoms with E-state index in [-0.39, 0.29) is 19.5 Å². The van der Waals surface area contributed by atoms with Gasteiger partial charge in [0.15, 0.2) is 0 Å². The third-order valence-electron chi connectivity index (χ3n) is 0.384. The predicted octanol–water partition coefficient (Wildman–Crippen LogP) is 2.92. The van der Waals surface area contributed by atoms with Crippen molar-refractivity contribution in [3.8, 4) is 0 Å². The van der Waals surface area contributed by atoms with Crippen molar-refractivity contribution < 1.29 is 19.5 Å². The van der Waals surface area contributed by atoms with Gasteiger partial charge in [-0.15, -0.1) is 0 Å². The Morgan fingerprint density at radius 1 is 1.38 bits per heavy atom. The maximum atomic E-state index is 2.16. The van der Waals surface area contributed by atoms with Gasteiger partial charge in [0, 0.05) is 25.2 Å². The van der Waals surface area contributed by atoms with Crippen molar-refractivity contribution in [2.45, 2.75) is 13.8 Å². The summed E-state index contributed by atoms with van der Waals surface area (Å²) in [7, 11) is 3.69. The first-order valence-electron chi connectivity index (χ1n) is 2.43. The first kappa shape index (κ1) is 11.8.